The fraction of sp³-hybridized carbons (Fsp3) is 0.350. The fourth-order valence-corrected chi connectivity index (χ4v) is 5.26. The van der Waals surface area contributed by atoms with E-state index in [9.17, 15) is 21.6 Å². The zero-order valence-corrected chi connectivity index (χ0v) is 20.1. The van der Waals surface area contributed by atoms with E-state index in [1.54, 1.807) is 30.3 Å². The van der Waals surface area contributed by atoms with Gasteiger partial charge in [-0.1, -0.05) is 30.3 Å². The second kappa shape index (κ2) is 11.1. The number of thioether (sulfide) groups is 1. The summed E-state index contributed by atoms with van der Waals surface area (Å²) in [5.41, 5.74) is 0.695. The maximum Gasteiger partial charge on any atom is 0.242 e. The van der Waals surface area contributed by atoms with Crippen molar-refractivity contribution in [3.63, 3.8) is 0 Å². The average Bonchev–Trinajstić information content (AvgIpc) is 2.75. The number of amides is 1. The molecule has 1 unspecified atom stereocenters. The molecule has 0 saturated carbocycles. The first-order valence-electron chi connectivity index (χ1n) is 9.43. The van der Waals surface area contributed by atoms with Gasteiger partial charge in [0, 0.05) is 20.6 Å². The predicted molar refractivity (Wildman–Crippen MR) is 123 cm³/mol. The molecule has 31 heavy (non-hydrogen) atoms. The molecule has 0 radical (unpaired) electrons. The van der Waals surface area contributed by atoms with Gasteiger partial charge in [-0.05, 0) is 48.3 Å². The summed E-state index contributed by atoms with van der Waals surface area (Å²) < 4.78 is 53.1. The minimum atomic E-state index is -3.84. The molecule has 0 aliphatic rings. The summed E-state index contributed by atoms with van der Waals surface area (Å²) in [4.78, 5) is 12.9. The molecule has 2 aromatic carbocycles. The van der Waals surface area contributed by atoms with Gasteiger partial charge in [-0.15, -0.1) is 0 Å². The maximum absolute atomic E-state index is 12.7. The van der Waals surface area contributed by atoms with Crippen molar-refractivity contribution < 1.29 is 21.6 Å². The molecule has 0 aliphatic heterocycles. The molecule has 0 aromatic heterocycles. The second-order valence-electron chi connectivity index (χ2n) is 6.92. The SMILES string of the molecule is CSCCC(NS(=O)(=O)c1ccccc1)C(=O)NCc1ccc(S(=O)(=O)N(C)C)cc1. The first-order valence-corrected chi connectivity index (χ1v) is 13.7. The van der Waals surface area contributed by atoms with E-state index < -0.39 is 32.0 Å². The highest BCUT2D eigenvalue weighted by Crippen LogP contribution is 2.14. The summed E-state index contributed by atoms with van der Waals surface area (Å²) in [7, 11) is -4.46. The Morgan fingerprint density at radius 3 is 2.13 bits per heavy atom. The van der Waals surface area contributed by atoms with Crippen LogP contribution in [0.3, 0.4) is 0 Å². The minimum Gasteiger partial charge on any atom is -0.351 e. The summed E-state index contributed by atoms with van der Waals surface area (Å²) in [6, 6.07) is 13.1. The van der Waals surface area contributed by atoms with E-state index >= 15 is 0 Å². The van der Waals surface area contributed by atoms with E-state index in [1.165, 1.54) is 50.1 Å². The van der Waals surface area contributed by atoms with Gasteiger partial charge in [-0.25, -0.2) is 21.1 Å². The van der Waals surface area contributed by atoms with Crippen LogP contribution in [0.5, 0.6) is 0 Å². The third kappa shape index (κ3) is 7.04. The molecule has 8 nitrogen and oxygen atoms in total. The monoisotopic (exact) mass is 485 g/mol. The summed E-state index contributed by atoms with van der Waals surface area (Å²) >= 11 is 1.51. The Kier molecular flexibility index (Phi) is 9.07. The zero-order valence-electron chi connectivity index (χ0n) is 17.6. The molecule has 0 saturated heterocycles. The zero-order chi connectivity index (χ0) is 23.1. The van der Waals surface area contributed by atoms with E-state index in [0.717, 1.165) is 4.31 Å². The summed E-state index contributed by atoms with van der Waals surface area (Å²) in [6.45, 7) is 0.143. The molecule has 0 heterocycles. The number of benzene rings is 2. The maximum atomic E-state index is 12.7. The average molecular weight is 486 g/mol. The quantitative estimate of drug-likeness (QED) is 0.501. The highest BCUT2D eigenvalue weighted by atomic mass is 32.2. The van der Waals surface area contributed by atoms with Crippen molar-refractivity contribution in [2.45, 2.75) is 28.8 Å². The molecular weight excluding hydrogens is 458 g/mol. The Hall–Kier alpha value is -1.92. The highest BCUT2D eigenvalue weighted by Gasteiger charge is 2.25. The Morgan fingerprint density at radius 1 is 0.968 bits per heavy atom. The molecule has 1 atom stereocenters. The van der Waals surface area contributed by atoms with Crippen LogP contribution in [-0.2, 0) is 31.4 Å². The Labute approximate surface area is 188 Å². The Bertz CT molecular complexity index is 1070. The van der Waals surface area contributed by atoms with Gasteiger partial charge in [-0.2, -0.15) is 16.5 Å². The van der Waals surface area contributed by atoms with Crippen LogP contribution in [0, 0.1) is 0 Å². The topological polar surface area (TPSA) is 113 Å². The number of nitrogens with zero attached hydrogens (tertiary/aromatic N) is 1. The molecule has 0 spiro atoms. The lowest BCUT2D eigenvalue weighted by Gasteiger charge is -2.18. The van der Waals surface area contributed by atoms with Gasteiger partial charge in [0.15, 0.2) is 0 Å². The van der Waals surface area contributed by atoms with Crippen molar-refractivity contribution in [1.29, 1.82) is 0 Å². The minimum absolute atomic E-state index is 0.0923. The molecule has 170 valence electrons. The van der Waals surface area contributed by atoms with Gasteiger partial charge in [-0.3, -0.25) is 4.79 Å². The largest absolute Gasteiger partial charge is 0.351 e. The molecule has 2 N–H and O–H groups in total. The van der Waals surface area contributed by atoms with Gasteiger partial charge in [0.2, 0.25) is 26.0 Å². The number of nitrogens with one attached hydrogen (secondary N) is 2. The van der Waals surface area contributed by atoms with Gasteiger partial charge >= 0.3 is 0 Å². The Morgan fingerprint density at radius 2 is 1.58 bits per heavy atom. The van der Waals surface area contributed by atoms with Crippen LogP contribution < -0.4 is 10.0 Å². The molecular formula is C20H27N3O5S3. The second-order valence-corrected chi connectivity index (χ2v) is 11.8. The van der Waals surface area contributed by atoms with Gasteiger partial charge in [0.25, 0.3) is 0 Å². The van der Waals surface area contributed by atoms with Crippen molar-refractivity contribution >= 4 is 37.7 Å². The van der Waals surface area contributed by atoms with Gasteiger partial charge in [0.05, 0.1) is 9.79 Å². The lowest BCUT2D eigenvalue weighted by atomic mass is 10.2. The lowest BCUT2D eigenvalue weighted by molar-refractivity contribution is -0.122. The van der Waals surface area contributed by atoms with E-state index in [0.29, 0.717) is 17.7 Å². The summed E-state index contributed by atoms with van der Waals surface area (Å²) in [6.07, 6.45) is 2.21. The first-order chi connectivity index (χ1) is 14.6. The van der Waals surface area contributed by atoms with Crippen LogP contribution in [0.25, 0.3) is 0 Å². The van der Waals surface area contributed by atoms with E-state index in [2.05, 4.69) is 10.0 Å². The van der Waals surface area contributed by atoms with Crippen molar-refractivity contribution in [2.75, 3.05) is 26.1 Å². The van der Waals surface area contributed by atoms with E-state index in [1.807, 2.05) is 6.26 Å². The molecule has 0 aliphatic carbocycles. The van der Waals surface area contributed by atoms with Gasteiger partial charge < -0.3 is 5.32 Å². The van der Waals surface area contributed by atoms with Crippen molar-refractivity contribution in [2.24, 2.45) is 0 Å². The standard InChI is InChI=1S/C20H27N3O5S3/c1-23(2)31(27,28)18-11-9-16(10-12-18)15-21-20(24)19(13-14-29-3)22-30(25,26)17-7-5-4-6-8-17/h4-12,19,22H,13-15H2,1-3H3,(H,21,24). The smallest absolute Gasteiger partial charge is 0.242 e. The van der Waals surface area contributed by atoms with E-state index in [4.69, 9.17) is 0 Å². The summed E-state index contributed by atoms with van der Waals surface area (Å²) in [5.74, 6) is 0.158. The number of rotatable bonds is 11. The molecule has 11 heteroatoms. The van der Waals surface area contributed by atoms with Gasteiger partial charge in [0.1, 0.15) is 6.04 Å². The molecule has 0 fully saturated rings. The number of hydrogen-bond acceptors (Lipinski definition) is 6. The van der Waals surface area contributed by atoms with Crippen LogP contribution >= 0.6 is 11.8 Å². The molecule has 2 aromatic rings. The number of carbonyl (C=O) groups excluding carboxylic acids is 1. The van der Waals surface area contributed by atoms with Crippen LogP contribution in [0.2, 0.25) is 0 Å². The van der Waals surface area contributed by atoms with E-state index in [-0.39, 0.29) is 16.3 Å². The lowest BCUT2D eigenvalue weighted by Crippen LogP contribution is -2.46. The number of hydrogen-bond donors (Lipinski definition) is 2. The molecule has 0 bridgehead atoms. The summed E-state index contributed by atoms with van der Waals surface area (Å²) in [5, 5.41) is 2.73. The van der Waals surface area contributed by atoms with Crippen LogP contribution in [0.1, 0.15) is 12.0 Å². The molecule has 1 amide bonds. The Balaban J connectivity index is 2.07. The van der Waals surface area contributed by atoms with Crippen molar-refractivity contribution in [1.82, 2.24) is 14.3 Å². The third-order valence-corrected chi connectivity index (χ3v) is 8.41. The number of carbonyl (C=O) groups is 1. The molecule has 2 rings (SSSR count). The predicted octanol–water partition coefficient (Wildman–Crippen LogP) is 1.65. The van der Waals surface area contributed by atoms with Crippen molar-refractivity contribution in [3.8, 4) is 0 Å². The first kappa shape index (κ1) is 25.3. The number of sulfonamides is 2. The van der Waals surface area contributed by atoms with Crippen LogP contribution in [0.4, 0.5) is 0 Å². The normalized spacial score (nSPS) is 13.2. The van der Waals surface area contributed by atoms with Crippen LogP contribution in [0.15, 0.2) is 64.4 Å². The highest BCUT2D eigenvalue weighted by molar-refractivity contribution is 7.98. The van der Waals surface area contributed by atoms with Crippen LogP contribution in [-0.4, -0.2) is 59.2 Å². The van der Waals surface area contributed by atoms with Crippen molar-refractivity contribution in [3.05, 3.63) is 60.2 Å². The fourth-order valence-electron chi connectivity index (χ4n) is 2.64. The third-order valence-electron chi connectivity index (χ3n) is 4.45.